The normalized spacial score (nSPS) is 13.7. The van der Waals surface area contributed by atoms with Crippen molar-refractivity contribution in [2.24, 2.45) is 0 Å². The van der Waals surface area contributed by atoms with Crippen LogP contribution in [0.3, 0.4) is 0 Å². The molecule has 0 radical (unpaired) electrons. The van der Waals surface area contributed by atoms with Gasteiger partial charge < -0.3 is 0 Å². The van der Waals surface area contributed by atoms with Gasteiger partial charge in [-0.15, -0.1) is 6.58 Å². The molecule has 172 valence electrons. The number of benzene rings is 3. The van der Waals surface area contributed by atoms with Crippen molar-refractivity contribution >= 4 is 27.1 Å². The fourth-order valence-corrected chi connectivity index (χ4v) is 4.22. The van der Waals surface area contributed by atoms with Crippen LogP contribution in [0.5, 0.6) is 0 Å². The summed E-state index contributed by atoms with van der Waals surface area (Å²) in [6.45, 7) is 20.3. The average molecular weight is 437 g/mol. The molecule has 0 N–H and O–H groups in total. The van der Waals surface area contributed by atoms with E-state index in [-0.39, 0.29) is 0 Å². The molecule has 0 aliphatic heterocycles. The minimum Gasteiger partial charge on any atom is -0.103 e. The predicted molar refractivity (Wildman–Crippen MR) is 152 cm³/mol. The van der Waals surface area contributed by atoms with Crippen LogP contribution in [0.15, 0.2) is 103 Å². The molecule has 0 bridgehead atoms. The first-order chi connectivity index (χ1) is 15.9. The fraction of sp³-hybridized carbons (Fsp3) is 0.273. The highest BCUT2D eigenvalue weighted by Crippen LogP contribution is 2.43. The van der Waals surface area contributed by atoms with Gasteiger partial charge in [-0.05, 0) is 84.4 Å². The largest absolute Gasteiger partial charge is 0.103 e. The van der Waals surface area contributed by atoms with Crippen LogP contribution in [0.2, 0.25) is 0 Å². The smallest absolute Gasteiger partial charge is 0.00192 e. The number of rotatable bonds is 3. The van der Waals surface area contributed by atoms with Gasteiger partial charge >= 0.3 is 0 Å². The lowest BCUT2D eigenvalue weighted by molar-refractivity contribution is 1.09. The molecule has 0 heteroatoms. The standard InChI is InChI=1S/C27H26.C3H8.C3H6/c1-18(2)16-19(3)8-7-11-24-20(4)17-23-15-14-22-13-12-21-9-5-6-10-25(21)26(22)27(23)24;2*1-3-2/h5-6,8-16H,4,7,17H2,1-3H3;3H2,1-2H3;3H,1H2,2H3/b19-8+,24-11+;;. The molecule has 1 aliphatic rings. The molecule has 0 heterocycles. The molecule has 33 heavy (non-hydrogen) atoms. The van der Waals surface area contributed by atoms with Crippen molar-refractivity contribution in [1.29, 1.82) is 0 Å². The molecule has 0 saturated heterocycles. The Morgan fingerprint density at radius 3 is 2.21 bits per heavy atom. The van der Waals surface area contributed by atoms with E-state index in [9.17, 15) is 0 Å². The Bertz CT molecular complexity index is 1210. The van der Waals surface area contributed by atoms with Crippen molar-refractivity contribution in [1.82, 2.24) is 0 Å². The van der Waals surface area contributed by atoms with Crippen molar-refractivity contribution in [3.05, 3.63) is 114 Å². The minimum absolute atomic E-state index is 0.935. The first kappa shape index (κ1) is 26.1. The summed E-state index contributed by atoms with van der Waals surface area (Å²) in [4.78, 5) is 0. The molecule has 4 rings (SSSR count). The summed E-state index contributed by atoms with van der Waals surface area (Å²) < 4.78 is 0. The molecule has 0 unspecified atom stereocenters. The third-order valence-corrected chi connectivity index (χ3v) is 5.33. The maximum absolute atomic E-state index is 4.38. The first-order valence-electron chi connectivity index (χ1n) is 12.1. The van der Waals surface area contributed by atoms with Crippen LogP contribution in [0, 0.1) is 0 Å². The van der Waals surface area contributed by atoms with Crippen molar-refractivity contribution in [3.63, 3.8) is 0 Å². The van der Waals surface area contributed by atoms with Gasteiger partial charge in [0.25, 0.3) is 0 Å². The van der Waals surface area contributed by atoms with Crippen LogP contribution in [0.1, 0.15) is 65.5 Å². The average Bonchev–Trinajstić information content (AvgIpc) is 3.09. The van der Waals surface area contributed by atoms with E-state index in [1.165, 1.54) is 61.4 Å². The van der Waals surface area contributed by atoms with Crippen LogP contribution < -0.4 is 0 Å². The maximum Gasteiger partial charge on any atom is -0.00192 e. The van der Waals surface area contributed by atoms with Gasteiger partial charge in [0.15, 0.2) is 0 Å². The molecule has 0 fully saturated rings. The van der Waals surface area contributed by atoms with Crippen LogP contribution in [0.25, 0.3) is 27.1 Å². The summed E-state index contributed by atoms with van der Waals surface area (Å²) >= 11 is 0. The lowest BCUT2D eigenvalue weighted by Crippen LogP contribution is -1.87. The van der Waals surface area contributed by atoms with Gasteiger partial charge in [0.1, 0.15) is 0 Å². The van der Waals surface area contributed by atoms with Gasteiger partial charge in [-0.3, -0.25) is 0 Å². The van der Waals surface area contributed by atoms with Gasteiger partial charge in [0.05, 0.1) is 0 Å². The summed E-state index contributed by atoms with van der Waals surface area (Å²) in [6, 6.07) is 17.7. The molecule has 0 saturated carbocycles. The summed E-state index contributed by atoms with van der Waals surface area (Å²) in [5, 5.41) is 5.32. The highest BCUT2D eigenvalue weighted by molar-refractivity contribution is 6.15. The van der Waals surface area contributed by atoms with Crippen LogP contribution >= 0.6 is 0 Å². The molecule has 0 spiro atoms. The number of hydrogen-bond donors (Lipinski definition) is 0. The molecule has 0 aromatic heterocycles. The number of hydrogen-bond acceptors (Lipinski definition) is 0. The van der Waals surface area contributed by atoms with Crippen LogP contribution in [-0.4, -0.2) is 0 Å². The Kier molecular flexibility index (Phi) is 10.1. The van der Waals surface area contributed by atoms with E-state index in [1.54, 1.807) is 6.08 Å². The predicted octanol–water partition coefficient (Wildman–Crippen LogP) is 10.4. The van der Waals surface area contributed by atoms with E-state index < -0.39 is 0 Å². The van der Waals surface area contributed by atoms with E-state index in [2.05, 4.69) is 115 Å². The highest BCUT2D eigenvalue weighted by Gasteiger charge is 2.22. The molecular formula is C33H40. The van der Waals surface area contributed by atoms with E-state index in [0.717, 1.165) is 12.8 Å². The first-order valence-corrected chi connectivity index (χ1v) is 12.1. The quantitative estimate of drug-likeness (QED) is 0.217. The maximum atomic E-state index is 4.38. The third-order valence-electron chi connectivity index (χ3n) is 5.33. The zero-order valence-corrected chi connectivity index (χ0v) is 21.5. The van der Waals surface area contributed by atoms with Gasteiger partial charge in [0.2, 0.25) is 0 Å². The molecule has 3 aromatic rings. The van der Waals surface area contributed by atoms with E-state index in [1.807, 2.05) is 6.92 Å². The summed E-state index contributed by atoms with van der Waals surface area (Å²) in [5.74, 6) is 0. The fourth-order valence-electron chi connectivity index (χ4n) is 4.22. The Hall–Kier alpha value is -3.12. The van der Waals surface area contributed by atoms with Crippen molar-refractivity contribution < 1.29 is 0 Å². The second-order valence-electron chi connectivity index (χ2n) is 8.90. The van der Waals surface area contributed by atoms with E-state index in [4.69, 9.17) is 0 Å². The van der Waals surface area contributed by atoms with Gasteiger partial charge in [-0.25, -0.2) is 0 Å². The van der Waals surface area contributed by atoms with Gasteiger partial charge in [-0.1, -0.05) is 111 Å². The monoisotopic (exact) mass is 436 g/mol. The second kappa shape index (κ2) is 12.8. The Labute approximate surface area is 201 Å². The zero-order valence-electron chi connectivity index (χ0n) is 21.5. The molecule has 0 amide bonds. The zero-order chi connectivity index (χ0) is 24.4. The Morgan fingerprint density at radius 1 is 0.939 bits per heavy atom. The minimum atomic E-state index is 0.935. The van der Waals surface area contributed by atoms with Crippen molar-refractivity contribution in [2.45, 2.75) is 60.8 Å². The Morgan fingerprint density at radius 2 is 1.55 bits per heavy atom. The molecule has 3 aromatic carbocycles. The number of allylic oxidation sites excluding steroid dienone is 8. The molecular weight excluding hydrogens is 396 g/mol. The molecule has 1 aliphatic carbocycles. The summed E-state index contributed by atoms with van der Waals surface area (Å²) in [5.41, 5.74) is 8.01. The summed E-state index contributed by atoms with van der Waals surface area (Å²) in [7, 11) is 0. The number of fused-ring (bicyclic) bond motifs is 5. The second-order valence-corrected chi connectivity index (χ2v) is 8.90. The molecule has 0 nitrogen and oxygen atoms in total. The van der Waals surface area contributed by atoms with Gasteiger partial charge in [0, 0.05) is 0 Å². The van der Waals surface area contributed by atoms with Crippen LogP contribution in [0.4, 0.5) is 0 Å². The summed E-state index contributed by atoms with van der Waals surface area (Å²) in [6.07, 6.45) is 11.8. The SMILES string of the molecule is C=C1Cc2ccc3ccc4ccccc4c3c2/C1=C/C/C=C(\C)C=C(C)C.C=CC.CCC. The van der Waals surface area contributed by atoms with E-state index in [0.29, 0.717) is 0 Å². The highest BCUT2D eigenvalue weighted by atomic mass is 14.3. The Balaban J connectivity index is 0.000000582. The lowest BCUT2D eigenvalue weighted by atomic mass is 9.93. The topological polar surface area (TPSA) is 0 Å². The van der Waals surface area contributed by atoms with E-state index >= 15 is 0 Å². The van der Waals surface area contributed by atoms with Gasteiger partial charge in [-0.2, -0.15) is 0 Å². The van der Waals surface area contributed by atoms with Crippen molar-refractivity contribution in [2.75, 3.05) is 0 Å². The van der Waals surface area contributed by atoms with Crippen molar-refractivity contribution in [3.8, 4) is 0 Å². The molecule has 0 atom stereocenters. The lowest BCUT2D eigenvalue weighted by Gasteiger charge is -2.11. The third kappa shape index (κ3) is 6.68. The van der Waals surface area contributed by atoms with Crippen LogP contribution in [-0.2, 0) is 6.42 Å².